The SMILES string of the molecule is CC(C)(CO)CNC(=O)COc1ccc(Br)cc1. The minimum atomic E-state index is -0.312. The van der Waals surface area contributed by atoms with Gasteiger partial charge in [-0.15, -0.1) is 0 Å². The molecule has 0 bridgehead atoms. The number of carbonyl (C=O) groups excluding carboxylic acids is 1. The minimum Gasteiger partial charge on any atom is -0.484 e. The molecule has 2 N–H and O–H groups in total. The smallest absolute Gasteiger partial charge is 0.257 e. The van der Waals surface area contributed by atoms with Crippen molar-refractivity contribution >= 4 is 21.8 Å². The number of amides is 1. The van der Waals surface area contributed by atoms with E-state index in [1.807, 2.05) is 26.0 Å². The van der Waals surface area contributed by atoms with E-state index in [4.69, 9.17) is 9.84 Å². The van der Waals surface area contributed by atoms with Crippen molar-refractivity contribution in [1.82, 2.24) is 5.32 Å². The van der Waals surface area contributed by atoms with Crippen molar-refractivity contribution < 1.29 is 14.6 Å². The standard InChI is InChI=1S/C13H18BrNO3/c1-13(2,9-16)8-15-12(17)7-18-11-5-3-10(14)4-6-11/h3-6,16H,7-9H2,1-2H3,(H,15,17). The molecule has 0 aliphatic heterocycles. The first kappa shape index (κ1) is 15.0. The lowest BCUT2D eigenvalue weighted by atomic mass is 9.95. The summed E-state index contributed by atoms with van der Waals surface area (Å²) in [5.74, 6) is 0.453. The normalized spacial score (nSPS) is 11.1. The predicted molar refractivity (Wildman–Crippen MR) is 73.5 cm³/mol. The van der Waals surface area contributed by atoms with Crippen LogP contribution in [0.1, 0.15) is 13.8 Å². The predicted octanol–water partition coefficient (Wildman–Crippen LogP) is 1.96. The minimum absolute atomic E-state index is 0.0247. The van der Waals surface area contributed by atoms with E-state index in [1.54, 1.807) is 12.1 Å². The zero-order valence-electron chi connectivity index (χ0n) is 10.6. The summed E-state index contributed by atoms with van der Waals surface area (Å²) in [6.45, 7) is 4.18. The Kier molecular flexibility index (Phi) is 5.62. The van der Waals surface area contributed by atoms with Gasteiger partial charge in [-0.2, -0.15) is 0 Å². The van der Waals surface area contributed by atoms with Gasteiger partial charge >= 0.3 is 0 Å². The number of benzene rings is 1. The molecule has 5 heteroatoms. The summed E-state index contributed by atoms with van der Waals surface area (Å²) in [6.07, 6.45) is 0. The summed E-state index contributed by atoms with van der Waals surface area (Å²) in [4.78, 5) is 11.5. The van der Waals surface area contributed by atoms with Gasteiger partial charge in [-0.1, -0.05) is 29.8 Å². The third kappa shape index (κ3) is 5.51. The molecule has 0 saturated carbocycles. The Morgan fingerprint density at radius 3 is 2.56 bits per heavy atom. The zero-order chi connectivity index (χ0) is 13.6. The van der Waals surface area contributed by atoms with Crippen molar-refractivity contribution in [3.63, 3.8) is 0 Å². The Bertz CT molecular complexity index is 390. The molecule has 0 aliphatic carbocycles. The fourth-order valence-corrected chi connectivity index (χ4v) is 1.39. The molecular formula is C13H18BrNO3. The average molecular weight is 316 g/mol. The molecule has 0 heterocycles. The third-order valence-corrected chi connectivity index (χ3v) is 2.90. The monoisotopic (exact) mass is 315 g/mol. The number of halogens is 1. The second-order valence-corrected chi connectivity index (χ2v) is 5.76. The lowest BCUT2D eigenvalue weighted by molar-refractivity contribution is -0.123. The average Bonchev–Trinajstić information content (AvgIpc) is 2.36. The molecule has 18 heavy (non-hydrogen) atoms. The molecule has 0 radical (unpaired) electrons. The fraction of sp³-hybridized carbons (Fsp3) is 0.462. The first-order valence-electron chi connectivity index (χ1n) is 5.69. The maximum Gasteiger partial charge on any atom is 0.257 e. The van der Waals surface area contributed by atoms with Crippen molar-refractivity contribution in [2.75, 3.05) is 19.8 Å². The van der Waals surface area contributed by atoms with Gasteiger partial charge in [0.2, 0.25) is 0 Å². The van der Waals surface area contributed by atoms with E-state index in [0.717, 1.165) is 4.47 Å². The Hall–Kier alpha value is -1.07. The Morgan fingerprint density at radius 2 is 2.00 bits per heavy atom. The Labute approximate surface area is 115 Å². The van der Waals surface area contributed by atoms with Crippen molar-refractivity contribution in [2.45, 2.75) is 13.8 Å². The van der Waals surface area contributed by atoms with Gasteiger partial charge in [0.05, 0.1) is 0 Å². The van der Waals surface area contributed by atoms with Crippen LogP contribution in [0, 0.1) is 5.41 Å². The fourth-order valence-electron chi connectivity index (χ4n) is 1.12. The first-order valence-corrected chi connectivity index (χ1v) is 6.48. The molecule has 1 amide bonds. The Balaban J connectivity index is 2.31. The maximum atomic E-state index is 11.5. The first-order chi connectivity index (χ1) is 8.43. The van der Waals surface area contributed by atoms with Crippen LogP contribution in [-0.4, -0.2) is 30.8 Å². The van der Waals surface area contributed by atoms with Crippen LogP contribution in [0.2, 0.25) is 0 Å². The van der Waals surface area contributed by atoms with E-state index < -0.39 is 0 Å². The van der Waals surface area contributed by atoms with Gasteiger partial charge in [-0.05, 0) is 24.3 Å². The topological polar surface area (TPSA) is 58.6 Å². The largest absolute Gasteiger partial charge is 0.484 e. The summed E-state index contributed by atoms with van der Waals surface area (Å²) in [6, 6.07) is 7.27. The van der Waals surface area contributed by atoms with Gasteiger partial charge in [0.25, 0.3) is 5.91 Å². The van der Waals surface area contributed by atoms with E-state index >= 15 is 0 Å². The molecule has 0 aromatic heterocycles. The molecule has 0 aliphatic rings. The molecule has 0 spiro atoms. The third-order valence-electron chi connectivity index (χ3n) is 2.38. The summed E-state index contributed by atoms with van der Waals surface area (Å²) in [7, 11) is 0. The summed E-state index contributed by atoms with van der Waals surface area (Å²) >= 11 is 3.32. The number of aliphatic hydroxyl groups excluding tert-OH is 1. The van der Waals surface area contributed by atoms with Crippen molar-refractivity contribution in [2.24, 2.45) is 5.41 Å². The van der Waals surface area contributed by atoms with Gasteiger partial charge in [-0.25, -0.2) is 0 Å². The molecule has 1 rings (SSSR count). The highest BCUT2D eigenvalue weighted by Gasteiger charge is 2.17. The van der Waals surface area contributed by atoms with Gasteiger partial charge in [0.1, 0.15) is 5.75 Å². The van der Waals surface area contributed by atoms with Crippen molar-refractivity contribution in [3.8, 4) is 5.75 Å². The second kappa shape index (κ2) is 6.75. The molecule has 100 valence electrons. The van der Waals surface area contributed by atoms with Crippen molar-refractivity contribution in [3.05, 3.63) is 28.7 Å². The number of carbonyl (C=O) groups is 1. The van der Waals surface area contributed by atoms with Crippen LogP contribution >= 0.6 is 15.9 Å². The van der Waals surface area contributed by atoms with Crippen LogP contribution in [0.4, 0.5) is 0 Å². The quantitative estimate of drug-likeness (QED) is 0.843. The van der Waals surface area contributed by atoms with E-state index in [1.165, 1.54) is 0 Å². The van der Waals surface area contributed by atoms with Gasteiger partial charge in [0.15, 0.2) is 6.61 Å². The molecule has 0 unspecified atom stereocenters. The van der Waals surface area contributed by atoms with Gasteiger partial charge in [-0.3, -0.25) is 4.79 Å². The number of nitrogens with one attached hydrogen (secondary N) is 1. The number of ether oxygens (including phenoxy) is 1. The van der Waals surface area contributed by atoms with E-state index in [0.29, 0.717) is 12.3 Å². The highest BCUT2D eigenvalue weighted by molar-refractivity contribution is 9.10. The molecule has 4 nitrogen and oxygen atoms in total. The lowest BCUT2D eigenvalue weighted by Gasteiger charge is -2.21. The Morgan fingerprint density at radius 1 is 1.39 bits per heavy atom. The molecular weight excluding hydrogens is 298 g/mol. The maximum absolute atomic E-state index is 11.5. The summed E-state index contributed by atoms with van der Waals surface area (Å²) in [5.41, 5.74) is -0.312. The van der Waals surface area contributed by atoms with E-state index in [9.17, 15) is 4.79 Å². The van der Waals surface area contributed by atoms with Crippen LogP contribution in [0.3, 0.4) is 0 Å². The molecule has 0 fully saturated rings. The van der Waals surface area contributed by atoms with Crippen LogP contribution in [-0.2, 0) is 4.79 Å². The van der Waals surface area contributed by atoms with Crippen LogP contribution < -0.4 is 10.1 Å². The molecule has 0 saturated heterocycles. The number of hydrogen-bond donors (Lipinski definition) is 2. The second-order valence-electron chi connectivity index (χ2n) is 4.84. The highest BCUT2D eigenvalue weighted by atomic mass is 79.9. The number of aliphatic hydroxyl groups is 1. The molecule has 0 atom stereocenters. The summed E-state index contributed by atoms with van der Waals surface area (Å²) in [5, 5.41) is 11.8. The number of hydrogen-bond acceptors (Lipinski definition) is 3. The zero-order valence-corrected chi connectivity index (χ0v) is 12.2. The highest BCUT2D eigenvalue weighted by Crippen LogP contribution is 2.16. The lowest BCUT2D eigenvalue weighted by Crippen LogP contribution is -2.38. The van der Waals surface area contributed by atoms with Crippen LogP contribution in [0.25, 0.3) is 0 Å². The molecule has 1 aromatic rings. The molecule has 1 aromatic carbocycles. The van der Waals surface area contributed by atoms with E-state index in [2.05, 4.69) is 21.2 Å². The van der Waals surface area contributed by atoms with Crippen LogP contribution in [0.15, 0.2) is 28.7 Å². The summed E-state index contributed by atoms with van der Waals surface area (Å²) < 4.78 is 6.29. The van der Waals surface area contributed by atoms with Crippen molar-refractivity contribution in [1.29, 1.82) is 0 Å². The van der Waals surface area contributed by atoms with Gasteiger partial charge in [0, 0.05) is 23.0 Å². The number of rotatable bonds is 6. The van der Waals surface area contributed by atoms with E-state index in [-0.39, 0.29) is 24.5 Å². The van der Waals surface area contributed by atoms with Gasteiger partial charge < -0.3 is 15.2 Å². The van der Waals surface area contributed by atoms with Crippen LogP contribution in [0.5, 0.6) is 5.75 Å².